The van der Waals surface area contributed by atoms with Gasteiger partial charge in [0, 0.05) is 50.8 Å². The van der Waals surface area contributed by atoms with Crippen LogP contribution in [0, 0.1) is 11.7 Å². The molecule has 3 aromatic heterocycles. The highest BCUT2D eigenvalue weighted by Crippen LogP contribution is 2.33. The first-order valence-corrected chi connectivity index (χ1v) is 12.2. The number of hydrogen-bond donors (Lipinski definition) is 2. The summed E-state index contributed by atoms with van der Waals surface area (Å²) in [5.41, 5.74) is 1.57. The van der Waals surface area contributed by atoms with Gasteiger partial charge in [-0.25, -0.2) is 4.39 Å². The molecular weight excluding hydrogens is 469 g/mol. The van der Waals surface area contributed by atoms with Crippen LogP contribution in [0.1, 0.15) is 18.2 Å². The molecule has 3 aliphatic rings. The first kappa shape index (κ1) is 23.1. The molecule has 10 nitrogen and oxygen atoms in total. The lowest BCUT2D eigenvalue weighted by atomic mass is 9.94. The Labute approximate surface area is 206 Å². The average molecular weight is 498 g/mol. The van der Waals surface area contributed by atoms with E-state index in [0.29, 0.717) is 74.9 Å². The molecule has 0 aliphatic carbocycles. The summed E-state index contributed by atoms with van der Waals surface area (Å²) in [6.45, 7) is 4.34. The highest BCUT2D eigenvalue weighted by atomic mass is 19.1. The molecule has 6 heterocycles. The van der Waals surface area contributed by atoms with Crippen LogP contribution in [0.25, 0.3) is 11.0 Å². The van der Waals surface area contributed by atoms with Crippen molar-refractivity contribution in [2.24, 2.45) is 5.92 Å². The lowest BCUT2D eigenvalue weighted by Gasteiger charge is -2.39. The zero-order valence-corrected chi connectivity index (χ0v) is 19.7. The Balaban J connectivity index is 1.11. The molecule has 3 aliphatic heterocycles. The van der Waals surface area contributed by atoms with E-state index in [9.17, 15) is 14.3 Å². The molecule has 3 aromatic rings. The zero-order chi connectivity index (χ0) is 24.6. The second-order valence-corrected chi connectivity index (χ2v) is 9.50. The monoisotopic (exact) mass is 497 g/mol. The van der Waals surface area contributed by atoms with Crippen molar-refractivity contribution < 1.29 is 23.7 Å². The largest absolute Gasteiger partial charge is 0.486 e. The normalized spacial score (nSPS) is 23.4. The van der Waals surface area contributed by atoms with E-state index in [1.165, 1.54) is 6.07 Å². The summed E-state index contributed by atoms with van der Waals surface area (Å²) < 4.78 is 32.8. The molecule has 3 atom stereocenters. The Morgan fingerprint density at radius 2 is 2.00 bits per heavy atom. The maximum absolute atomic E-state index is 14.3. The van der Waals surface area contributed by atoms with Crippen LogP contribution in [0.15, 0.2) is 35.4 Å². The molecule has 190 valence electrons. The molecular formula is C25H28FN5O5. The van der Waals surface area contributed by atoms with E-state index in [1.54, 1.807) is 16.8 Å². The number of hydrogen-bond acceptors (Lipinski definition) is 9. The van der Waals surface area contributed by atoms with Gasteiger partial charge in [-0.15, -0.1) is 0 Å². The van der Waals surface area contributed by atoms with Crippen LogP contribution in [-0.4, -0.2) is 76.6 Å². The van der Waals surface area contributed by atoms with E-state index in [-0.39, 0.29) is 29.9 Å². The summed E-state index contributed by atoms with van der Waals surface area (Å²) in [5.74, 6) is 0.886. The summed E-state index contributed by atoms with van der Waals surface area (Å²) in [6.07, 6.45) is 3.01. The number of nitrogens with zero attached hydrogens (tertiary/aromatic N) is 4. The first-order valence-electron chi connectivity index (χ1n) is 12.2. The molecule has 0 amide bonds. The van der Waals surface area contributed by atoms with Gasteiger partial charge in [-0.2, -0.15) is 0 Å². The molecule has 1 fully saturated rings. The fraction of sp³-hybridized carbons (Fsp3) is 0.480. The van der Waals surface area contributed by atoms with Crippen LogP contribution in [0.5, 0.6) is 17.2 Å². The molecule has 2 N–H and O–H groups in total. The Hall–Kier alpha value is -3.28. The Kier molecular flexibility index (Phi) is 6.20. The molecule has 1 saturated heterocycles. The Morgan fingerprint density at radius 3 is 2.89 bits per heavy atom. The van der Waals surface area contributed by atoms with Crippen molar-refractivity contribution >= 4 is 11.0 Å². The molecule has 11 heteroatoms. The van der Waals surface area contributed by atoms with E-state index in [4.69, 9.17) is 14.2 Å². The number of rotatable bonds is 6. The number of likely N-dealkylation sites (tertiary alicyclic amines) is 1. The molecule has 36 heavy (non-hydrogen) atoms. The number of nitrogens with one attached hydrogen (secondary N) is 1. The number of halogens is 1. The van der Waals surface area contributed by atoms with Crippen LogP contribution in [0.3, 0.4) is 0 Å². The minimum Gasteiger partial charge on any atom is -0.486 e. The van der Waals surface area contributed by atoms with E-state index in [2.05, 4.69) is 20.2 Å². The lowest BCUT2D eigenvalue weighted by molar-refractivity contribution is 0.0184. The maximum Gasteiger partial charge on any atom is 0.251 e. The van der Waals surface area contributed by atoms with Crippen molar-refractivity contribution in [1.82, 2.24) is 24.8 Å². The van der Waals surface area contributed by atoms with Gasteiger partial charge in [-0.05, 0) is 12.5 Å². The van der Waals surface area contributed by atoms with Crippen molar-refractivity contribution in [3.05, 3.63) is 52.5 Å². The number of aliphatic hydroxyl groups excluding tert-OH is 1. The van der Waals surface area contributed by atoms with Gasteiger partial charge < -0.3 is 29.5 Å². The highest BCUT2D eigenvalue weighted by molar-refractivity contribution is 5.82. The van der Waals surface area contributed by atoms with Crippen LogP contribution in [-0.2, 0) is 6.54 Å². The van der Waals surface area contributed by atoms with Gasteiger partial charge in [0.05, 0.1) is 35.8 Å². The minimum atomic E-state index is -0.569. The Bertz CT molecular complexity index is 1330. The van der Waals surface area contributed by atoms with Gasteiger partial charge in [0.15, 0.2) is 23.1 Å². The summed E-state index contributed by atoms with van der Waals surface area (Å²) >= 11 is 0. The van der Waals surface area contributed by atoms with Gasteiger partial charge in [0.1, 0.15) is 25.3 Å². The standard InChI is InChI=1S/C25H28FN5O5/c26-18-10-29-19-1-2-23(33)31-17(14-36-25(18)24(19)31)13-30-4-3-20(32)15(12-30)8-27-9-16-7-21-22(11-28-16)35-6-5-34-21/h1-2,7,10-11,15,17,20,27,32H,3-6,8-9,12-14H2/t15?,17-,20?/m1/s1. The van der Waals surface area contributed by atoms with Crippen LogP contribution in [0.4, 0.5) is 4.39 Å². The number of aromatic nitrogens is 3. The number of ether oxygens (including phenoxy) is 3. The van der Waals surface area contributed by atoms with Crippen molar-refractivity contribution in [3.63, 3.8) is 0 Å². The summed E-state index contributed by atoms with van der Waals surface area (Å²) in [4.78, 5) is 23.5. The van der Waals surface area contributed by atoms with Gasteiger partial charge in [-0.1, -0.05) is 0 Å². The quantitative estimate of drug-likeness (QED) is 0.517. The lowest BCUT2D eigenvalue weighted by Crippen LogP contribution is -2.49. The third-order valence-electron chi connectivity index (χ3n) is 7.09. The fourth-order valence-corrected chi connectivity index (χ4v) is 5.29. The van der Waals surface area contributed by atoms with Gasteiger partial charge in [-0.3, -0.25) is 19.3 Å². The third-order valence-corrected chi connectivity index (χ3v) is 7.09. The van der Waals surface area contributed by atoms with Crippen molar-refractivity contribution in [2.75, 3.05) is 46.0 Å². The predicted octanol–water partition coefficient (Wildman–Crippen LogP) is 1.11. The molecule has 0 radical (unpaired) electrons. The van der Waals surface area contributed by atoms with Crippen LogP contribution >= 0.6 is 0 Å². The molecule has 0 aromatic carbocycles. The highest BCUT2D eigenvalue weighted by Gasteiger charge is 2.32. The number of pyridine rings is 3. The van der Waals surface area contributed by atoms with E-state index in [0.717, 1.165) is 11.9 Å². The van der Waals surface area contributed by atoms with Crippen LogP contribution < -0.4 is 25.1 Å². The molecule has 0 bridgehead atoms. The van der Waals surface area contributed by atoms with Crippen LogP contribution in [0.2, 0.25) is 0 Å². The average Bonchev–Trinajstić information content (AvgIpc) is 2.89. The Morgan fingerprint density at radius 1 is 1.14 bits per heavy atom. The third kappa shape index (κ3) is 4.38. The minimum absolute atomic E-state index is 0.0133. The molecule has 0 saturated carbocycles. The summed E-state index contributed by atoms with van der Waals surface area (Å²) in [7, 11) is 0. The van der Waals surface area contributed by atoms with Gasteiger partial charge in [0.25, 0.3) is 5.56 Å². The molecule has 2 unspecified atom stereocenters. The second kappa shape index (κ2) is 9.64. The first-order chi connectivity index (χ1) is 17.6. The summed E-state index contributed by atoms with van der Waals surface area (Å²) in [5, 5.41) is 14.0. The molecule has 0 spiro atoms. The SMILES string of the molecule is O=c1ccc2ncc(F)c3c2n1[C@H](CN1CCC(O)C(CNCc2cc4c(cn2)OCCO4)C1)CO3. The van der Waals surface area contributed by atoms with E-state index >= 15 is 0 Å². The van der Waals surface area contributed by atoms with Gasteiger partial charge in [0.2, 0.25) is 0 Å². The van der Waals surface area contributed by atoms with Crippen molar-refractivity contribution in [1.29, 1.82) is 0 Å². The molecule has 6 rings (SSSR count). The van der Waals surface area contributed by atoms with Crippen molar-refractivity contribution in [2.45, 2.75) is 25.1 Å². The number of fused-ring (bicyclic) bond motifs is 1. The zero-order valence-electron chi connectivity index (χ0n) is 19.7. The number of aliphatic hydroxyl groups is 1. The summed E-state index contributed by atoms with van der Waals surface area (Å²) in [6, 6.07) is 4.66. The number of piperidine rings is 1. The van der Waals surface area contributed by atoms with Crippen molar-refractivity contribution in [3.8, 4) is 17.2 Å². The predicted molar refractivity (Wildman–Crippen MR) is 128 cm³/mol. The second-order valence-electron chi connectivity index (χ2n) is 9.50. The smallest absolute Gasteiger partial charge is 0.251 e. The maximum atomic E-state index is 14.3. The van der Waals surface area contributed by atoms with E-state index in [1.807, 2.05) is 6.07 Å². The van der Waals surface area contributed by atoms with Gasteiger partial charge >= 0.3 is 0 Å². The fourth-order valence-electron chi connectivity index (χ4n) is 5.29. The topological polar surface area (TPSA) is 111 Å². The van der Waals surface area contributed by atoms with E-state index < -0.39 is 11.9 Å².